The Hall–Kier alpha value is -1.50. The van der Waals surface area contributed by atoms with Crippen molar-refractivity contribution in [3.8, 4) is 0 Å². The summed E-state index contributed by atoms with van der Waals surface area (Å²) in [6, 6.07) is 7.31. The Morgan fingerprint density at radius 3 is 2.78 bits per heavy atom. The molecular weight excluding hydrogens is 292 g/mol. The SMILES string of the molecule is CCCCN(C)C(CN1CCNCC1)c1cccc([N+](=O)[O-])c1. The molecule has 0 aliphatic carbocycles. The Balaban J connectivity index is 2.17. The van der Waals surface area contributed by atoms with Crippen molar-refractivity contribution in [1.82, 2.24) is 15.1 Å². The van der Waals surface area contributed by atoms with E-state index in [-0.39, 0.29) is 16.7 Å². The third-order valence-electron chi connectivity index (χ3n) is 4.50. The number of nitro groups is 1. The van der Waals surface area contributed by atoms with Gasteiger partial charge in [-0.2, -0.15) is 0 Å². The number of nitrogens with zero attached hydrogens (tertiary/aromatic N) is 3. The fourth-order valence-corrected chi connectivity index (χ4v) is 3.05. The molecule has 0 saturated carbocycles. The number of rotatable bonds is 8. The zero-order valence-corrected chi connectivity index (χ0v) is 14.2. The summed E-state index contributed by atoms with van der Waals surface area (Å²) in [4.78, 5) is 15.6. The van der Waals surface area contributed by atoms with Crippen LogP contribution in [0.2, 0.25) is 0 Å². The van der Waals surface area contributed by atoms with Crippen LogP contribution < -0.4 is 5.32 Å². The lowest BCUT2D eigenvalue weighted by Gasteiger charge is -2.35. The van der Waals surface area contributed by atoms with Crippen LogP contribution in [0, 0.1) is 10.1 Å². The van der Waals surface area contributed by atoms with E-state index in [1.807, 2.05) is 6.07 Å². The maximum Gasteiger partial charge on any atom is 0.269 e. The molecule has 1 N–H and O–H groups in total. The second-order valence-electron chi connectivity index (χ2n) is 6.25. The van der Waals surface area contributed by atoms with Crippen LogP contribution in [-0.2, 0) is 0 Å². The summed E-state index contributed by atoms with van der Waals surface area (Å²) < 4.78 is 0. The van der Waals surface area contributed by atoms with E-state index in [4.69, 9.17) is 0 Å². The molecule has 1 aliphatic heterocycles. The van der Waals surface area contributed by atoms with Gasteiger partial charge in [0.2, 0.25) is 0 Å². The van der Waals surface area contributed by atoms with Crippen LogP contribution >= 0.6 is 0 Å². The van der Waals surface area contributed by atoms with Crippen molar-refractivity contribution in [3.05, 3.63) is 39.9 Å². The molecule has 23 heavy (non-hydrogen) atoms. The first-order valence-corrected chi connectivity index (χ1v) is 8.49. The number of piperazine rings is 1. The number of hydrogen-bond donors (Lipinski definition) is 1. The lowest BCUT2D eigenvalue weighted by molar-refractivity contribution is -0.385. The van der Waals surface area contributed by atoms with Crippen LogP contribution in [0.1, 0.15) is 31.4 Å². The van der Waals surface area contributed by atoms with Gasteiger partial charge in [0.1, 0.15) is 0 Å². The van der Waals surface area contributed by atoms with Gasteiger partial charge in [0.05, 0.1) is 4.92 Å². The molecule has 0 aromatic heterocycles. The average molecular weight is 320 g/mol. The van der Waals surface area contributed by atoms with E-state index < -0.39 is 0 Å². The highest BCUT2D eigenvalue weighted by molar-refractivity contribution is 5.36. The van der Waals surface area contributed by atoms with E-state index in [1.165, 1.54) is 0 Å². The van der Waals surface area contributed by atoms with Crippen LogP contribution in [-0.4, -0.2) is 61.0 Å². The molecule has 6 nitrogen and oxygen atoms in total. The predicted molar refractivity (Wildman–Crippen MR) is 92.7 cm³/mol. The average Bonchev–Trinajstić information content (AvgIpc) is 2.58. The number of nitro benzene ring substituents is 1. The Kier molecular flexibility index (Phi) is 6.95. The number of benzene rings is 1. The second-order valence-corrected chi connectivity index (χ2v) is 6.25. The lowest BCUT2D eigenvalue weighted by Crippen LogP contribution is -2.47. The Morgan fingerprint density at radius 1 is 1.39 bits per heavy atom. The highest BCUT2D eigenvalue weighted by Crippen LogP contribution is 2.25. The van der Waals surface area contributed by atoms with Crippen molar-refractivity contribution in [2.24, 2.45) is 0 Å². The van der Waals surface area contributed by atoms with E-state index >= 15 is 0 Å². The zero-order chi connectivity index (χ0) is 16.7. The van der Waals surface area contributed by atoms with Crippen molar-refractivity contribution in [2.45, 2.75) is 25.8 Å². The largest absolute Gasteiger partial charge is 0.314 e. The number of nitrogens with one attached hydrogen (secondary N) is 1. The van der Waals surface area contributed by atoms with Crippen molar-refractivity contribution >= 4 is 5.69 Å². The molecule has 1 saturated heterocycles. The first-order valence-electron chi connectivity index (χ1n) is 8.49. The first-order chi connectivity index (χ1) is 11.1. The molecule has 1 aromatic rings. The molecule has 1 aromatic carbocycles. The topological polar surface area (TPSA) is 61.6 Å². The zero-order valence-electron chi connectivity index (χ0n) is 14.2. The molecule has 6 heteroatoms. The summed E-state index contributed by atoms with van der Waals surface area (Å²) in [6.45, 7) is 8.21. The molecule has 0 bridgehead atoms. The fraction of sp³-hybridized carbons (Fsp3) is 0.647. The summed E-state index contributed by atoms with van der Waals surface area (Å²) in [6.07, 6.45) is 2.29. The maximum absolute atomic E-state index is 11.1. The van der Waals surface area contributed by atoms with Crippen LogP contribution in [0.15, 0.2) is 24.3 Å². The lowest BCUT2D eigenvalue weighted by atomic mass is 10.0. The molecular formula is C17H28N4O2. The molecule has 1 aliphatic rings. The minimum absolute atomic E-state index is 0.178. The molecule has 1 heterocycles. The molecule has 0 spiro atoms. The van der Waals surface area contributed by atoms with Gasteiger partial charge in [-0.05, 0) is 25.6 Å². The molecule has 1 unspecified atom stereocenters. The molecule has 2 rings (SSSR count). The van der Waals surface area contributed by atoms with E-state index in [2.05, 4.69) is 29.1 Å². The second kappa shape index (κ2) is 8.96. The summed E-state index contributed by atoms with van der Waals surface area (Å²) in [5.74, 6) is 0. The third kappa shape index (κ3) is 5.27. The van der Waals surface area contributed by atoms with Gasteiger partial charge in [0, 0.05) is 50.9 Å². The van der Waals surface area contributed by atoms with Crippen LogP contribution in [0.25, 0.3) is 0 Å². The van der Waals surface area contributed by atoms with Crippen LogP contribution in [0.5, 0.6) is 0 Å². The van der Waals surface area contributed by atoms with Crippen molar-refractivity contribution in [3.63, 3.8) is 0 Å². The van der Waals surface area contributed by atoms with Gasteiger partial charge >= 0.3 is 0 Å². The first kappa shape index (κ1) is 17.8. The van der Waals surface area contributed by atoms with Gasteiger partial charge in [0.25, 0.3) is 5.69 Å². The van der Waals surface area contributed by atoms with Crippen molar-refractivity contribution < 1.29 is 4.92 Å². The minimum atomic E-state index is -0.308. The monoisotopic (exact) mass is 320 g/mol. The third-order valence-corrected chi connectivity index (χ3v) is 4.50. The highest BCUT2D eigenvalue weighted by Gasteiger charge is 2.22. The smallest absolute Gasteiger partial charge is 0.269 e. The fourth-order valence-electron chi connectivity index (χ4n) is 3.05. The molecule has 0 amide bonds. The summed E-state index contributed by atoms with van der Waals surface area (Å²) in [7, 11) is 2.13. The predicted octanol–water partition coefficient (Wildman–Crippen LogP) is 2.27. The Morgan fingerprint density at radius 2 is 2.13 bits per heavy atom. The standard InChI is InChI=1S/C17H28N4O2/c1-3-4-10-19(2)17(14-20-11-8-18-9-12-20)15-6-5-7-16(13-15)21(22)23/h5-7,13,17-18H,3-4,8-12,14H2,1-2H3. The number of non-ortho nitro benzene ring substituents is 1. The molecule has 1 atom stereocenters. The van der Waals surface area contributed by atoms with Crippen molar-refractivity contribution in [2.75, 3.05) is 46.3 Å². The van der Waals surface area contributed by atoms with Crippen LogP contribution in [0.4, 0.5) is 5.69 Å². The van der Waals surface area contributed by atoms with Gasteiger partial charge in [-0.3, -0.25) is 19.9 Å². The number of unbranched alkanes of at least 4 members (excludes halogenated alkanes) is 1. The summed E-state index contributed by atoms with van der Waals surface area (Å²) >= 11 is 0. The molecule has 128 valence electrons. The van der Waals surface area contributed by atoms with Gasteiger partial charge < -0.3 is 5.32 Å². The summed E-state index contributed by atoms with van der Waals surface area (Å²) in [5.41, 5.74) is 1.22. The molecule has 1 fully saturated rings. The van der Waals surface area contributed by atoms with E-state index in [9.17, 15) is 10.1 Å². The van der Waals surface area contributed by atoms with Gasteiger partial charge in [0.15, 0.2) is 0 Å². The van der Waals surface area contributed by atoms with Gasteiger partial charge in [-0.1, -0.05) is 25.5 Å². The van der Waals surface area contributed by atoms with E-state index in [0.29, 0.717) is 0 Å². The Labute approximate surface area is 138 Å². The summed E-state index contributed by atoms with van der Waals surface area (Å²) in [5, 5.41) is 14.5. The van der Waals surface area contributed by atoms with E-state index in [1.54, 1.807) is 18.2 Å². The van der Waals surface area contributed by atoms with E-state index in [0.717, 1.165) is 57.7 Å². The quantitative estimate of drug-likeness (QED) is 0.588. The van der Waals surface area contributed by atoms with Gasteiger partial charge in [-0.25, -0.2) is 0 Å². The maximum atomic E-state index is 11.1. The Bertz CT molecular complexity index is 503. The normalized spacial score (nSPS) is 17.3. The number of likely N-dealkylation sites (N-methyl/N-ethyl adjacent to an activating group) is 1. The van der Waals surface area contributed by atoms with Crippen molar-refractivity contribution in [1.29, 1.82) is 0 Å². The highest BCUT2D eigenvalue weighted by atomic mass is 16.6. The van der Waals surface area contributed by atoms with Crippen LogP contribution in [0.3, 0.4) is 0 Å². The van der Waals surface area contributed by atoms with Gasteiger partial charge in [-0.15, -0.1) is 0 Å². The minimum Gasteiger partial charge on any atom is -0.314 e. The molecule has 0 radical (unpaired) electrons. The number of hydrogen-bond acceptors (Lipinski definition) is 5.